The van der Waals surface area contributed by atoms with E-state index in [9.17, 15) is 4.79 Å². The van der Waals surface area contributed by atoms with Crippen LogP contribution in [0.15, 0.2) is 36.7 Å². The summed E-state index contributed by atoms with van der Waals surface area (Å²) in [5.74, 6) is 1.50. The second kappa shape index (κ2) is 7.29. The van der Waals surface area contributed by atoms with Gasteiger partial charge in [0.05, 0.1) is 18.1 Å². The molecule has 126 valence electrons. The number of hydrogen-bond acceptors (Lipinski definition) is 4. The Bertz CT molecular complexity index is 693. The molecule has 2 N–H and O–H groups in total. The Labute approximate surface area is 142 Å². The summed E-state index contributed by atoms with van der Waals surface area (Å²) in [5, 5.41) is 5.59. The number of nitrogens with one attached hydrogen (secondary N) is 2. The average molecular weight is 325 g/mol. The van der Waals surface area contributed by atoms with Gasteiger partial charge in [-0.15, -0.1) is 0 Å². The van der Waals surface area contributed by atoms with E-state index in [-0.39, 0.29) is 6.03 Å². The van der Waals surface area contributed by atoms with Gasteiger partial charge in [-0.1, -0.05) is 25.1 Å². The van der Waals surface area contributed by atoms with Crippen molar-refractivity contribution >= 4 is 23.4 Å². The van der Waals surface area contributed by atoms with E-state index in [0.717, 1.165) is 36.2 Å². The van der Waals surface area contributed by atoms with Crippen LogP contribution in [-0.2, 0) is 0 Å². The fraction of sp³-hybridized carbons (Fsp3) is 0.389. The van der Waals surface area contributed by atoms with Gasteiger partial charge in [0, 0.05) is 18.8 Å². The van der Waals surface area contributed by atoms with Crippen LogP contribution in [0.1, 0.15) is 25.3 Å². The van der Waals surface area contributed by atoms with Crippen molar-refractivity contribution in [2.75, 3.05) is 28.6 Å². The number of para-hydroxylation sites is 1. The topological polar surface area (TPSA) is 70.2 Å². The SMILES string of the molecule is Cc1ccccc1NC(=O)Nc1cnc(N2CCC(C)CC2)nc1. The molecule has 0 atom stereocenters. The maximum Gasteiger partial charge on any atom is 0.323 e. The Hall–Kier alpha value is -2.63. The molecule has 3 rings (SSSR count). The number of piperidine rings is 1. The van der Waals surface area contributed by atoms with Crippen LogP contribution in [0, 0.1) is 12.8 Å². The molecule has 0 spiro atoms. The molecule has 24 heavy (non-hydrogen) atoms. The number of aromatic nitrogens is 2. The third-order valence-corrected chi connectivity index (χ3v) is 4.36. The lowest BCUT2D eigenvalue weighted by molar-refractivity contribution is 0.262. The predicted octanol–water partition coefficient (Wildman–Crippen LogP) is 3.67. The number of amides is 2. The number of nitrogens with zero attached hydrogens (tertiary/aromatic N) is 3. The number of carbonyl (C=O) groups is 1. The molecule has 1 fully saturated rings. The first-order valence-electron chi connectivity index (χ1n) is 8.32. The van der Waals surface area contributed by atoms with Crippen molar-refractivity contribution < 1.29 is 4.79 Å². The number of hydrogen-bond donors (Lipinski definition) is 2. The summed E-state index contributed by atoms with van der Waals surface area (Å²) in [6.45, 7) is 6.20. The number of carbonyl (C=O) groups excluding carboxylic acids is 1. The summed E-state index contributed by atoms with van der Waals surface area (Å²) >= 11 is 0. The van der Waals surface area contributed by atoms with Gasteiger partial charge in [-0.25, -0.2) is 14.8 Å². The first-order valence-corrected chi connectivity index (χ1v) is 8.32. The lowest BCUT2D eigenvalue weighted by Gasteiger charge is -2.30. The van der Waals surface area contributed by atoms with E-state index in [4.69, 9.17) is 0 Å². The summed E-state index contributed by atoms with van der Waals surface area (Å²) in [7, 11) is 0. The molecule has 2 amide bonds. The summed E-state index contributed by atoms with van der Waals surface area (Å²) in [4.78, 5) is 23.0. The number of benzene rings is 1. The third-order valence-electron chi connectivity index (χ3n) is 4.36. The smallest absolute Gasteiger partial charge is 0.323 e. The summed E-state index contributed by atoms with van der Waals surface area (Å²) in [6, 6.07) is 7.35. The van der Waals surface area contributed by atoms with Crippen LogP contribution in [0.25, 0.3) is 0 Å². The van der Waals surface area contributed by atoms with Gasteiger partial charge < -0.3 is 15.5 Å². The summed E-state index contributed by atoms with van der Waals surface area (Å²) in [6.07, 6.45) is 5.64. The van der Waals surface area contributed by atoms with Crippen molar-refractivity contribution in [2.24, 2.45) is 5.92 Å². The second-order valence-electron chi connectivity index (χ2n) is 6.34. The zero-order valence-electron chi connectivity index (χ0n) is 14.1. The Morgan fingerprint density at radius 2 is 1.79 bits per heavy atom. The molecule has 2 aromatic rings. The Morgan fingerprint density at radius 3 is 2.46 bits per heavy atom. The fourth-order valence-electron chi connectivity index (χ4n) is 2.76. The number of rotatable bonds is 3. The highest BCUT2D eigenvalue weighted by Gasteiger charge is 2.17. The molecule has 0 bridgehead atoms. The minimum absolute atomic E-state index is 0.299. The molecule has 1 aromatic heterocycles. The van der Waals surface area contributed by atoms with E-state index in [1.54, 1.807) is 12.4 Å². The van der Waals surface area contributed by atoms with Crippen LogP contribution in [0.2, 0.25) is 0 Å². The first kappa shape index (κ1) is 16.2. The molecule has 6 heteroatoms. The predicted molar refractivity (Wildman–Crippen MR) is 96.5 cm³/mol. The van der Waals surface area contributed by atoms with Crippen LogP contribution in [0.3, 0.4) is 0 Å². The lowest BCUT2D eigenvalue weighted by Crippen LogP contribution is -2.34. The average Bonchev–Trinajstić information content (AvgIpc) is 2.58. The third kappa shape index (κ3) is 4.01. The molecule has 6 nitrogen and oxygen atoms in total. The van der Waals surface area contributed by atoms with Gasteiger partial charge in [0.1, 0.15) is 0 Å². The Morgan fingerprint density at radius 1 is 1.12 bits per heavy atom. The molecule has 1 saturated heterocycles. The minimum atomic E-state index is -0.299. The minimum Gasteiger partial charge on any atom is -0.341 e. The highest BCUT2D eigenvalue weighted by atomic mass is 16.2. The van der Waals surface area contributed by atoms with E-state index in [2.05, 4.69) is 32.4 Å². The number of anilines is 3. The van der Waals surface area contributed by atoms with Crippen molar-refractivity contribution in [1.29, 1.82) is 0 Å². The van der Waals surface area contributed by atoms with Gasteiger partial charge >= 0.3 is 6.03 Å². The van der Waals surface area contributed by atoms with Crippen molar-refractivity contribution in [3.8, 4) is 0 Å². The van der Waals surface area contributed by atoms with Crippen LogP contribution < -0.4 is 15.5 Å². The van der Waals surface area contributed by atoms with E-state index < -0.39 is 0 Å². The van der Waals surface area contributed by atoms with Crippen LogP contribution >= 0.6 is 0 Å². The first-order chi connectivity index (χ1) is 11.6. The Balaban J connectivity index is 1.58. The van der Waals surface area contributed by atoms with Crippen molar-refractivity contribution in [3.63, 3.8) is 0 Å². The van der Waals surface area contributed by atoms with Gasteiger partial charge in [0.2, 0.25) is 5.95 Å². The number of aryl methyl sites for hydroxylation is 1. The Kier molecular flexibility index (Phi) is 4.93. The molecule has 1 aliphatic rings. The largest absolute Gasteiger partial charge is 0.341 e. The molecule has 2 heterocycles. The molecule has 0 aliphatic carbocycles. The molecule has 0 saturated carbocycles. The van der Waals surface area contributed by atoms with E-state index in [1.165, 1.54) is 12.8 Å². The lowest BCUT2D eigenvalue weighted by atomic mass is 10.00. The molecule has 0 unspecified atom stereocenters. The van der Waals surface area contributed by atoms with Gasteiger partial charge in [-0.3, -0.25) is 0 Å². The van der Waals surface area contributed by atoms with Crippen LogP contribution in [0.5, 0.6) is 0 Å². The van der Waals surface area contributed by atoms with Gasteiger partial charge in [0.25, 0.3) is 0 Å². The second-order valence-corrected chi connectivity index (χ2v) is 6.34. The molecular formula is C18H23N5O. The molecule has 1 aromatic carbocycles. The van der Waals surface area contributed by atoms with E-state index in [1.807, 2.05) is 31.2 Å². The van der Waals surface area contributed by atoms with Crippen molar-refractivity contribution in [3.05, 3.63) is 42.2 Å². The fourth-order valence-corrected chi connectivity index (χ4v) is 2.76. The standard InChI is InChI=1S/C18H23N5O/c1-13-7-9-23(10-8-13)17-19-11-15(12-20-17)21-18(24)22-16-6-4-3-5-14(16)2/h3-6,11-13H,7-10H2,1-2H3,(H2,21,22,24). The van der Waals surface area contributed by atoms with Gasteiger partial charge in [-0.2, -0.15) is 0 Å². The number of urea groups is 1. The zero-order chi connectivity index (χ0) is 16.9. The quantitative estimate of drug-likeness (QED) is 0.903. The van der Waals surface area contributed by atoms with Crippen molar-refractivity contribution in [2.45, 2.75) is 26.7 Å². The molecule has 1 aliphatic heterocycles. The van der Waals surface area contributed by atoms with Crippen LogP contribution in [-0.4, -0.2) is 29.1 Å². The maximum absolute atomic E-state index is 12.1. The molecular weight excluding hydrogens is 302 g/mol. The summed E-state index contributed by atoms with van der Waals surface area (Å²) in [5.41, 5.74) is 2.38. The highest BCUT2D eigenvalue weighted by Crippen LogP contribution is 2.20. The van der Waals surface area contributed by atoms with Crippen molar-refractivity contribution in [1.82, 2.24) is 9.97 Å². The zero-order valence-corrected chi connectivity index (χ0v) is 14.1. The van der Waals surface area contributed by atoms with Gasteiger partial charge in [0.15, 0.2) is 0 Å². The van der Waals surface area contributed by atoms with Gasteiger partial charge in [-0.05, 0) is 37.3 Å². The van der Waals surface area contributed by atoms with Crippen LogP contribution in [0.4, 0.5) is 22.1 Å². The van der Waals surface area contributed by atoms with E-state index >= 15 is 0 Å². The molecule has 0 radical (unpaired) electrons. The normalized spacial score (nSPS) is 15.2. The van der Waals surface area contributed by atoms with E-state index in [0.29, 0.717) is 5.69 Å². The highest BCUT2D eigenvalue weighted by molar-refractivity contribution is 6.00. The summed E-state index contributed by atoms with van der Waals surface area (Å²) < 4.78 is 0. The maximum atomic E-state index is 12.1. The monoisotopic (exact) mass is 325 g/mol.